The predicted octanol–water partition coefficient (Wildman–Crippen LogP) is 0.571. The molecule has 0 spiro atoms. The highest BCUT2D eigenvalue weighted by atomic mass is 19.1. The number of halogens is 1. The standard InChI is InChI=1S/C12H14FN3O2/c1-16-7-10(2-3-11(16)17)15-12(18)8-4-9(13)6-14-5-8/h4-6,10H,2-3,7H2,1H3,(H,15,18). The number of amides is 2. The minimum Gasteiger partial charge on any atom is -0.347 e. The second kappa shape index (κ2) is 5.12. The van der Waals surface area contributed by atoms with E-state index in [-0.39, 0.29) is 23.4 Å². The molecule has 18 heavy (non-hydrogen) atoms. The van der Waals surface area contributed by atoms with Crippen molar-refractivity contribution in [3.8, 4) is 0 Å². The van der Waals surface area contributed by atoms with Gasteiger partial charge in [0, 0.05) is 32.3 Å². The number of likely N-dealkylation sites (N-methyl/N-ethyl adjacent to an activating group) is 1. The molecule has 1 aromatic heterocycles. The van der Waals surface area contributed by atoms with Gasteiger partial charge in [-0.15, -0.1) is 0 Å². The molecule has 6 heteroatoms. The number of carbonyl (C=O) groups excluding carboxylic acids is 2. The van der Waals surface area contributed by atoms with Crippen LogP contribution in [-0.4, -0.2) is 41.3 Å². The fourth-order valence-corrected chi connectivity index (χ4v) is 1.93. The van der Waals surface area contributed by atoms with Crippen molar-refractivity contribution in [1.82, 2.24) is 15.2 Å². The molecule has 1 aliphatic heterocycles. The van der Waals surface area contributed by atoms with E-state index in [1.165, 1.54) is 6.20 Å². The summed E-state index contributed by atoms with van der Waals surface area (Å²) in [6.07, 6.45) is 3.39. The van der Waals surface area contributed by atoms with Crippen LogP contribution in [0.3, 0.4) is 0 Å². The van der Waals surface area contributed by atoms with E-state index < -0.39 is 5.82 Å². The van der Waals surface area contributed by atoms with Gasteiger partial charge in [-0.2, -0.15) is 0 Å². The van der Waals surface area contributed by atoms with Crippen LogP contribution < -0.4 is 5.32 Å². The van der Waals surface area contributed by atoms with E-state index in [2.05, 4.69) is 10.3 Å². The Labute approximate surface area is 104 Å². The van der Waals surface area contributed by atoms with Gasteiger partial charge in [0.15, 0.2) is 0 Å². The zero-order chi connectivity index (χ0) is 13.1. The lowest BCUT2D eigenvalue weighted by atomic mass is 10.1. The molecule has 1 N–H and O–H groups in total. The van der Waals surface area contributed by atoms with Gasteiger partial charge in [-0.3, -0.25) is 14.6 Å². The summed E-state index contributed by atoms with van der Waals surface area (Å²) < 4.78 is 12.9. The highest BCUT2D eigenvalue weighted by molar-refractivity contribution is 5.94. The summed E-state index contributed by atoms with van der Waals surface area (Å²) in [6.45, 7) is 0.479. The summed E-state index contributed by atoms with van der Waals surface area (Å²) in [5.74, 6) is -0.832. The number of nitrogens with one attached hydrogen (secondary N) is 1. The van der Waals surface area contributed by atoms with Gasteiger partial charge in [-0.05, 0) is 12.5 Å². The maximum atomic E-state index is 12.9. The average molecular weight is 251 g/mol. The molecule has 2 heterocycles. The lowest BCUT2D eigenvalue weighted by Gasteiger charge is -2.30. The van der Waals surface area contributed by atoms with Crippen molar-refractivity contribution in [2.45, 2.75) is 18.9 Å². The number of rotatable bonds is 2. The van der Waals surface area contributed by atoms with Gasteiger partial charge in [0.2, 0.25) is 5.91 Å². The van der Waals surface area contributed by atoms with Gasteiger partial charge < -0.3 is 10.2 Å². The van der Waals surface area contributed by atoms with Gasteiger partial charge in [-0.25, -0.2) is 4.39 Å². The molecule has 0 radical (unpaired) electrons. The number of hydrogen-bond donors (Lipinski definition) is 1. The molecule has 0 bridgehead atoms. The van der Waals surface area contributed by atoms with Crippen molar-refractivity contribution < 1.29 is 14.0 Å². The second-order valence-corrected chi connectivity index (χ2v) is 4.38. The Balaban J connectivity index is 1.98. The smallest absolute Gasteiger partial charge is 0.253 e. The van der Waals surface area contributed by atoms with E-state index in [0.717, 1.165) is 12.3 Å². The molecule has 0 aliphatic carbocycles. The zero-order valence-electron chi connectivity index (χ0n) is 10.0. The molecule has 2 amide bonds. The van der Waals surface area contributed by atoms with Crippen LogP contribution in [0.15, 0.2) is 18.5 Å². The van der Waals surface area contributed by atoms with Crippen LogP contribution in [-0.2, 0) is 4.79 Å². The molecule has 96 valence electrons. The Kier molecular flexibility index (Phi) is 3.55. The first-order chi connectivity index (χ1) is 8.56. The average Bonchev–Trinajstić information content (AvgIpc) is 2.34. The maximum Gasteiger partial charge on any atom is 0.253 e. The number of likely N-dealkylation sites (tertiary alicyclic amines) is 1. The van der Waals surface area contributed by atoms with Gasteiger partial charge >= 0.3 is 0 Å². The van der Waals surface area contributed by atoms with Crippen molar-refractivity contribution >= 4 is 11.8 Å². The number of piperidine rings is 1. The normalized spacial score (nSPS) is 19.8. The van der Waals surface area contributed by atoms with Crippen LogP contribution in [0.4, 0.5) is 4.39 Å². The Morgan fingerprint density at radius 1 is 1.56 bits per heavy atom. The van der Waals surface area contributed by atoms with Crippen molar-refractivity contribution in [2.24, 2.45) is 0 Å². The fourth-order valence-electron chi connectivity index (χ4n) is 1.93. The molecular formula is C12H14FN3O2. The quantitative estimate of drug-likeness (QED) is 0.836. The minimum absolute atomic E-state index is 0.0768. The molecule has 1 atom stereocenters. The van der Waals surface area contributed by atoms with Crippen LogP contribution in [0.25, 0.3) is 0 Å². The Hall–Kier alpha value is -1.98. The van der Waals surface area contributed by atoms with Crippen molar-refractivity contribution in [1.29, 1.82) is 0 Å². The van der Waals surface area contributed by atoms with E-state index in [4.69, 9.17) is 0 Å². The Bertz CT molecular complexity index is 478. The lowest BCUT2D eigenvalue weighted by molar-refractivity contribution is -0.132. The predicted molar refractivity (Wildman–Crippen MR) is 62.3 cm³/mol. The Morgan fingerprint density at radius 2 is 2.33 bits per heavy atom. The van der Waals surface area contributed by atoms with Gasteiger partial charge in [-0.1, -0.05) is 0 Å². The summed E-state index contributed by atoms with van der Waals surface area (Å²) in [5.41, 5.74) is 0.189. The van der Waals surface area contributed by atoms with E-state index in [1.807, 2.05) is 0 Å². The summed E-state index contributed by atoms with van der Waals surface area (Å²) in [7, 11) is 1.70. The largest absolute Gasteiger partial charge is 0.347 e. The number of aromatic nitrogens is 1. The van der Waals surface area contributed by atoms with Crippen LogP contribution in [0.1, 0.15) is 23.2 Å². The van der Waals surface area contributed by atoms with E-state index in [0.29, 0.717) is 19.4 Å². The fraction of sp³-hybridized carbons (Fsp3) is 0.417. The number of nitrogens with zero attached hydrogens (tertiary/aromatic N) is 2. The van der Waals surface area contributed by atoms with Crippen LogP contribution in [0.5, 0.6) is 0 Å². The number of carbonyl (C=O) groups is 2. The van der Waals surface area contributed by atoms with Crippen LogP contribution in [0, 0.1) is 5.82 Å². The molecule has 1 unspecified atom stereocenters. The topological polar surface area (TPSA) is 62.3 Å². The molecule has 0 saturated carbocycles. The van der Waals surface area contributed by atoms with Crippen molar-refractivity contribution in [3.63, 3.8) is 0 Å². The van der Waals surface area contributed by atoms with E-state index in [9.17, 15) is 14.0 Å². The third kappa shape index (κ3) is 2.82. The summed E-state index contributed by atoms with van der Waals surface area (Å²) in [4.78, 5) is 28.3. The molecule has 2 rings (SSSR count). The molecule has 1 aliphatic rings. The molecule has 1 aromatic rings. The molecule has 1 fully saturated rings. The number of pyridine rings is 1. The molecule has 5 nitrogen and oxygen atoms in total. The van der Waals surface area contributed by atoms with Gasteiger partial charge in [0.1, 0.15) is 5.82 Å². The first-order valence-electron chi connectivity index (χ1n) is 5.71. The Morgan fingerprint density at radius 3 is 3.00 bits per heavy atom. The second-order valence-electron chi connectivity index (χ2n) is 4.38. The maximum absolute atomic E-state index is 12.9. The third-order valence-corrected chi connectivity index (χ3v) is 2.93. The molecular weight excluding hydrogens is 237 g/mol. The summed E-state index contributed by atoms with van der Waals surface area (Å²) in [5, 5.41) is 2.77. The first-order valence-corrected chi connectivity index (χ1v) is 5.71. The number of hydrogen-bond acceptors (Lipinski definition) is 3. The van der Waals surface area contributed by atoms with Crippen molar-refractivity contribution in [2.75, 3.05) is 13.6 Å². The van der Waals surface area contributed by atoms with Crippen LogP contribution >= 0.6 is 0 Å². The summed E-state index contributed by atoms with van der Waals surface area (Å²) >= 11 is 0. The first kappa shape index (κ1) is 12.5. The lowest BCUT2D eigenvalue weighted by Crippen LogP contribution is -2.48. The highest BCUT2D eigenvalue weighted by Gasteiger charge is 2.24. The molecule has 1 saturated heterocycles. The zero-order valence-corrected chi connectivity index (χ0v) is 10.0. The highest BCUT2D eigenvalue weighted by Crippen LogP contribution is 2.10. The minimum atomic E-state index is -0.543. The SMILES string of the molecule is CN1CC(NC(=O)c2cncc(F)c2)CCC1=O. The summed E-state index contributed by atoms with van der Waals surface area (Å²) in [6, 6.07) is 1.04. The van der Waals surface area contributed by atoms with Gasteiger partial charge in [0.25, 0.3) is 5.91 Å². The van der Waals surface area contributed by atoms with E-state index in [1.54, 1.807) is 11.9 Å². The van der Waals surface area contributed by atoms with Gasteiger partial charge in [0.05, 0.1) is 11.8 Å². The van der Waals surface area contributed by atoms with E-state index >= 15 is 0 Å². The third-order valence-electron chi connectivity index (χ3n) is 2.93. The van der Waals surface area contributed by atoms with Crippen molar-refractivity contribution in [3.05, 3.63) is 29.8 Å². The monoisotopic (exact) mass is 251 g/mol. The van der Waals surface area contributed by atoms with Crippen LogP contribution in [0.2, 0.25) is 0 Å². The molecule has 0 aromatic carbocycles.